The first-order valence-corrected chi connectivity index (χ1v) is 7.58. The van der Waals surface area contributed by atoms with Gasteiger partial charge >= 0.3 is 0 Å². The number of nitrogens with one attached hydrogen (secondary N) is 2. The smallest absolute Gasteiger partial charge is 0.271 e. The average Bonchev–Trinajstić information content (AvgIpc) is 2.66. The standard InChI is InChI=1S/C18H17N5O/c24-18(23-10-14-5-2-1-3-6-14)16-12-22-17(13-20-16)21-11-15-7-4-8-19-9-15/h1-9,12-13H,10-11H2,(H,21,22)(H,23,24). The zero-order valence-corrected chi connectivity index (χ0v) is 13.0. The molecule has 0 saturated carbocycles. The number of amides is 1. The van der Waals surface area contributed by atoms with Gasteiger partial charge in [-0.2, -0.15) is 0 Å². The molecule has 1 amide bonds. The molecule has 120 valence electrons. The number of carbonyl (C=O) groups is 1. The first kappa shape index (κ1) is 15.6. The van der Waals surface area contributed by atoms with E-state index in [0.29, 0.717) is 18.9 Å². The summed E-state index contributed by atoms with van der Waals surface area (Å²) in [6, 6.07) is 13.6. The second kappa shape index (κ2) is 7.82. The zero-order chi connectivity index (χ0) is 16.6. The van der Waals surface area contributed by atoms with E-state index in [2.05, 4.69) is 25.6 Å². The summed E-state index contributed by atoms with van der Waals surface area (Å²) in [5.41, 5.74) is 2.37. The Labute approximate surface area is 140 Å². The number of rotatable bonds is 6. The van der Waals surface area contributed by atoms with E-state index in [0.717, 1.165) is 11.1 Å². The van der Waals surface area contributed by atoms with E-state index in [-0.39, 0.29) is 11.6 Å². The molecule has 0 saturated heterocycles. The van der Waals surface area contributed by atoms with Crippen LogP contribution in [0.3, 0.4) is 0 Å². The van der Waals surface area contributed by atoms with Gasteiger partial charge in [0.2, 0.25) is 0 Å². The topological polar surface area (TPSA) is 79.8 Å². The molecule has 0 unspecified atom stereocenters. The van der Waals surface area contributed by atoms with Crippen LogP contribution in [0.2, 0.25) is 0 Å². The fourth-order valence-electron chi connectivity index (χ4n) is 2.10. The van der Waals surface area contributed by atoms with E-state index in [9.17, 15) is 4.79 Å². The number of benzene rings is 1. The van der Waals surface area contributed by atoms with Gasteiger partial charge in [-0.3, -0.25) is 9.78 Å². The van der Waals surface area contributed by atoms with Crippen LogP contribution in [-0.4, -0.2) is 20.9 Å². The van der Waals surface area contributed by atoms with Gasteiger partial charge in [-0.15, -0.1) is 0 Å². The molecule has 6 heteroatoms. The summed E-state index contributed by atoms with van der Waals surface area (Å²) in [5, 5.41) is 5.96. The third-order valence-electron chi connectivity index (χ3n) is 3.38. The highest BCUT2D eigenvalue weighted by atomic mass is 16.1. The third-order valence-corrected chi connectivity index (χ3v) is 3.38. The predicted octanol–water partition coefficient (Wildman–Crippen LogP) is 2.41. The number of pyridine rings is 1. The van der Waals surface area contributed by atoms with E-state index in [4.69, 9.17) is 0 Å². The van der Waals surface area contributed by atoms with Crippen molar-refractivity contribution in [3.8, 4) is 0 Å². The number of carbonyl (C=O) groups excluding carboxylic acids is 1. The van der Waals surface area contributed by atoms with Gasteiger partial charge in [-0.1, -0.05) is 36.4 Å². The predicted molar refractivity (Wildman–Crippen MR) is 91.2 cm³/mol. The van der Waals surface area contributed by atoms with Crippen molar-refractivity contribution < 1.29 is 4.79 Å². The molecule has 3 rings (SSSR count). The first-order chi connectivity index (χ1) is 11.8. The van der Waals surface area contributed by atoms with Crippen LogP contribution < -0.4 is 10.6 Å². The molecular formula is C18H17N5O. The van der Waals surface area contributed by atoms with E-state index in [1.807, 2.05) is 42.5 Å². The average molecular weight is 319 g/mol. The van der Waals surface area contributed by atoms with Gasteiger partial charge in [-0.25, -0.2) is 9.97 Å². The Balaban J connectivity index is 1.53. The molecule has 0 fully saturated rings. The first-order valence-electron chi connectivity index (χ1n) is 7.58. The normalized spacial score (nSPS) is 10.2. The minimum atomic E-state index is -0.245. The molecule has 0 spiro atoms. The maximum atomic E-state index is 12.1. The van der Waals surface area contributed by atoms with Crippen molar-refractivity contribution in [2.45, 2.75) is 13.1 Å². The van der Waals surface area contributed by atoms with Gasteiger partial charge in [0.1, 0.15) is 11.5 Å². The molecule has 0 atom stereocenters. The van der Waals surface area contributed by atoms with Crippen molar-refractivity contribution in [1.82, 2.24) is 20.3 Å². The Hall–Kier alpha value is -3.28. The maximum Gasteiger partial charge on any atom is 0.271 e. The molecule has 0 aliphatic rings. The molecule has 2 heterocycles. The summed E-state index contributed by atoms with van der Waals surface area (Å²) >= 11 is 0. The van der Waals surface area contributed by atoms with Gasteiger partial charge < -0.3 is 10.6 Å². The van der Waals surface area contributed by atoms with E-state index >= 15 is 0 Å². The van der Waals surface area contributed by atoms with Crippen molar-refractivity contribution in [3.63, 3.8) is 0 Å². The van der Waals surface area contributed by atoms with Gasteiger partial charge in [0, 0.05) is 25.5 Å². The minimum Gasteiger partial charge on any atom is -0.365 e. The lowest BCUT2D eigenvalue weighted by Gasteiger charge is -2.07. The van der Waals surface area contributed by atoms with Crippen molar-refractivity contribution in [2.24, 2.45) is 0 Å². The molecule has 0 aliphatic carbocycles. The minimum absolute atomic E-state index is 0.245. The Kier molecular flexibility index (Phi) is 5.09. The van der Waals surface area contributed by atoms with Crippen LogP contribution >= 0.6 is 0 Å². The second-order valence-corrected chi connectivity index (χ2v) is 5.17. The summed E-state index contributed by atoms with van der Waals surface area (Å²) in [4.78, 5) is 24.5. The fourth-order valence-corrected chi connectivity index (χ4v) is 2.10. The summed E-state index contributed by atoms with van der Waals surface area (Å²) in [6.45, 7) is 1.06. The SMILES string of the molecule is O=C(NCc1ccccc1)c1cnc(NCc2cccnc2)cn1. The van der Waals surface area contributed by atoms with E-state index < -0.39 is 0 Å². The quantitative estimate of drug-likeness (QED) is 0.729. The molecule has 0 bridgehead atoms. The van der Waals surface area contributed by atoms with Crippen molar-refractivity contribution in [1.29, 1.82) is 0 Å². The number of hydrogen-bond acceptors (Lipinski definition) is 5. The largest absolute Gasteiger partial charge is 0.365 e. The molecule has 0 aliphatic heterocycles. The number of aromatic nitrogens is 3. The van der Waals surface area contributed by atoms with Crippen LogP contribution in [0.25, 0.3) is 0 Å². The van der Waals surface area contributed by atoms with Gasteiger partial charge in [0.15, 0.2) is 0 Å². The zero-order valence-electron chi connectivity index (χ0n) is 13.0. The molecule has 0 radical (unpaired) electrons. The van der Waals surface area contributed by atoms with Crippen LogP contribution in [0.1, 0.15) is 21.6 Å². The Morgan fingerprint density at radius 3 is 2.42 bits per heavy atom. The summed E-state index contributed by atoms with van der Waals surface area (Å²) in [5.74, 6) is 0.364. The number of nitrogens with zero attached hydrogens (tertiary/aromatic N) is 3. The Bertz CT molecular complexity index is 776. The molecule has 2 N–H and O–H groups in total. The Morgan fingerprint density at radius 2 is 1.71 bits per heavy atom. The van der Waals surface area contributed by atoms with E-state index in [1.54, 1.807) is 18.6 Å². The van der Waals surface area contributed by atoms with Crippen molar-refractivity contribution in [2.75, 3.05) is 5.32 Å². The molecule has 1 aromatic carbocycles. The van der Waals surface area contributed by atoms with Gasteiger partial charge in [0.05, 0.1) is 12.4 Å². The fraction of sp³-hybridized carbons (Fsp3) is 0.111. The molecule has 3 aromatic rings. The monoisotopic (exact) mass is 319 g/mol. The molecule has 2 aromatic heterocycles. The Morgan fingerprint density at radius 1 is 0.875 bits per heavy atom. The van der Waals surface area contributed by atoms with Gasteiger partial charge in [-0.05, 0) is 17.2 Å². The van der Waals surface area contributed by atoms with Crippen molar-refractivity contribution >= 4 is 11.7 Å². The van der Waals surface area contributed by atoms with Crippen LogP contribution in [0.4, 0.5) is 5.82 Å². The van der Waals surface area contributed by atoms with Crippen LogP contribution in [0, 0.1) is 0 Å². The lowest BCUT2D eigenvalue weighted by Crippen LogP contribution is -2.24. The highest BCUT2D eigenvalue weighted by molar-refractivity contribution is 5.91. The van der Waals surface area contributed by atoms with Crippen molar-refractivity contribution in [3.05, 3.63) is 84.1 Å². The lowest BCUT2D eigenvalue weighted by molar-refractivity contribution is 0.0945. The van der Waals surface area contributed by atoms with Gasteiger partial charge in [0.25, 0.3) is 5.91 Å². The number of anilines is 1. The number of hydrogen-bond donors (Lipinski definition) is 2. The van der Waals surface area contributed by atoms with Crippen LogP contribution in [0.15, 0.2) is 67.3 Å². The lowest BCUT2D eigenvalue weighted by atomic mass is 10.2. The molecule has 6 nitrogen and oxygen atoms in total. The summed E-state index contributed by atoms with van der Waals surface area (Å²) < 4.78 is 0. The highest BCUT2D eigenvalue weighted by Gasteiger charge is 2.07. The molecular weight excluding hydrogens is 302 g/mol. The van der Waals surface area contributed by atoms with Crippen LogP contribution in [0.5, 0.6) is 0 Å². The highest BCUT2D eigenvalue weighted by Crippen LogP contribution is 2.05. The maximum absolute atomic E-state index is 12.1. The second-order valence-electron chi connectivity index (χ2n) is 5.17. The summed E-state index contributed by atoms with van der Waals surface area (Å²) in [6.07, 6.45) is 6.53. The summed E-state index contributed by atoms with van der Waals surface area (Å²) in [7, 11) is 0. The van der Waals surface area contributed by atoms with E-state index in [1.165, 1.54) is 6.20 Å². The van der Waals surface area contributed by atoms with Crippen LogP contribution in [-0.2, 0) is 13.1 Å². The molecule has 24 heavy (non-hydrogen) atoms. The third kappa shape index (κ3) is 4.36.